The third-order valence-corrected chi connectivity index (χ3v) is 3.91. The third kappa shape index (κ3) is 3.85. The predicted molar refractivity (Wildman–Crippen MR) is 94.9 cm³/mol. The van der Waals surface area contributed by atoms with E-state index in [2.05, 4.69) is 9.97 Å². The summed E-state index contributed by atoms with van der Waals surface area (Å²) in [5.41, 5.74) is 3.16. The molecule has 0 unspecified atom stereocenters. The molecule has 1 amide bonds. The summed E-state index contributed by atoms with van der Waals surface area (Å²) in [7, 11) is 0. The third-order valence-electron chi connectivity index (χ3n) is 3.70. The van der Waals surface area contributed by atoms with Crippen molar-refractivity contribution in [1.82, 2.24) is 14.9 Å². The Balaban J connectivity index is 1.75. The Kier molecular flexibility index (Phi) is 4.45. The number of hydrogen-bond donors (Lipinski definition) is 0. The van der Waals surface area contributed by atoms with Gasteiger partial charge in [-0.25, -0.2) is 14.8 Å². The second-order valence-electron chi connectivity index (χ2n) is 6.77. The molecule has 0 saturated carbocycles. The van der Waals surface area contributed by atoms with Crippen molar-refractivity contribution in [2.24, 2.45) is 0 Å². The molecular weight excluding hydrogens is 326 g/mol. The Labute approximate surface area is 146 Å². The molecule has 0 N–H and O–H groups in total. The monoisotopic (exact) mass is 345 g/mol. The molecule has 6 heteroatoms. The molecule has 2 aromatic rings. The minimum absolute atomic E-state index is 0.275. The van der Waals surface area contributed by atoms with E-state index in [4.69, 9.17) is 16.3 Å². The van der Waals surface area contributed by atoms with Gasteiger partial charge in [-0.05, 0) is 57.0 Å². The molecular formula is C18H20ClN3O2. The normalized spacial score (nSPS) is 15.3. The minimum atomic E-state index is -0.477. The summed E-state index contributed by atoms with van der Waals surface area (Å²) >= 11 is 5.90. The number of nitrogens with zero attached hydrogens (tertiary/aromatic N) is 3. The first kappa shape index (κ1) is 16.7. The topological polar surface area (TPSA) is 55.3 Å². The van der Waals surface area contributed by atoms with Gasteiger partial charge in [0.15, 0.2) is 0 Å². The summed E-state index contributed by atoms with van der Waals surface area (Å²) in [6.45, 7) is 6.77. The Morgan fingerprint density at radius 2 is 1.88 bits per heavy atom. The van der Waals surface area contributed by atoms with Crippen molar-refractivity contribution in [1.29, 1.82) is 0 Å². The summed E-state index contributed by atoms with van der Waals surface area (Å²) in [6, 6.07) is 7.47. The average Bonchev–Trinajstić information content (AvgIpc) is 2.53. The molecule has 0 atom stereocenters. The summed E-state index contributed by atoms with van der Waals surface area (Å²) in [4.78, 5) is 22.7. The van der Waals surface area contributed by atoms with Crippen LogP contribution >= 0.6 is 11.6 Å². The van der Waals surface area contributed by atoms with Gasteiger partial charge in [0.25, 0.3) is 0 Å². The highest BCUT2D eigenvalue weighted by atomic mass is 35.5. The van der Waals surface area contributed by atoms with Gasteiger partial charge >= 0.3 is 6.09 Å². The van der Waals surface area contributed by atoms with Crippen LogP contribution in [0.1, 0.15) is 32.9 Å². The van der Waals surface area contributed by atoms with E-state index in [1.165, 1.54) is 0 Å². The van der Waals surface area contributed by atoms with Crippen molar-refractivity contribution in [3.05, 3.63) is 41.2 Å². The molecule has 0 bridgehead atoms. The SMILES string of the molecule is CC(C)(C)OC(=O)N1CC=C(c2ccc3nc(Cl)ccc3n2)CC1. The lowest BCUT2D eigenvalue weighted by atomic mass is 10.0. The first-order valence-electron chi connectivity index (χ1n) is 7.92. The highest BCUT2D eigenvalue weighted by Gasteiger charge is 2.24. The lowest BCUT2D eigenvalue weighted by Crippen LogP contribution is -2.39. The van der Waals surface area contributed by atoms with Gasteiger partial charge in [-0.1, -0.05) is 17.7 Å². The second-order valence-corrected chi connectivity index (χ2v) is 7.16. The zero-order valence-corrected chi connectivity index (χ0v) is 14.8. The van der Waals surface area contributed by atoms with Crippen molar-refractivity contribution in [2.45, 2.75) is 32.8 Å². The van der Waals surface area contributed by atoms with Crippen molar-refractivity contribution in [2.75, 3.05) is 13.1 Å². The van der Waals surface area contributed by atoms with Gasteiger partial charge in [0, 0.05) is 13.1 Å². The van der Waals surface area contributed by atoms with Gasteiger partial charge in [-0.3, -0.25) is 0 Å². The van der Waals surface area contributed by atoms with Crippen LogP contribution in [0.4, 0.5) is 4.79 Å². The molecule has 24 heavy (non-hydrogen) atoms. The summed E-state index contributed by atoms with van der Waals surface area (Å²) < 4.78 is 5.41. The van der Waals surface area contributed by atoms with Crippen LogP contribution < -0.4 is 0 Å². The van der Waals surface area contributed by atoms with Crippen molar-refractivity contribution in [3.63, 3.8) is 0 Å². The second kappa shape index (κ2) is 6.40. The van der Waals surface area contributed by atoms with Crippen molar-refractivity contribution in [3.8, 4) is 0 Å². The molecule has 0 saturated heterocycles. The number of ether oxygens (including phenoxy) is 1. The fraction of sp³-hybridized carbons (Fsp3) is 0.389. The zero-order valence-electron chi connectivity index (χ0n) is 14.0. The molecule has 5 nitrogen and oxygen atoms in total. The van der Waals surface area contributed by atoms with Crippen LogP contribution in [0.2, 0.25) is 5.15 Å². The molecule has 0 aromatic carbocycles. The molecule has 2 aromatic heterocycles. The Morgan fingerprint density at radius 1 is 1.17 bits per heavy atom. The van der Waals surface area contributed by atoms with Gasteiger partial charge < -0.3 is 9.64 Å². The number of hydrogen-bond acceptors (Lipinski definition) is 4. The lowest BCUT2D eigenvalue weighted by Gasteiger charge is -2.29. The summed E-state index contributed by atoms with van der Waals surface area (Å²) in [5.74, 6) is 0. The van der Waals surface area contributed by atoms with Crippen molar-refractivity contribution < 1.29 is 9.53 Å². The van der Waals surface area contributed by atoms with Crippen LogP contribution in [-0.2, 0) is 4.74 Å². The van der Waals surface area contributed by atoms with E-state index in [0.717, 1.165) is 28.7 Å². The highest BCUT2D eigenvalue weighted by molar-refractivity contribution is 6.29. The standard InChI is InChI=1S/C18H20ClN3O2/c1-18(2,3)24-17(23)22-10-8-12(9-11-22)13-4-5-15-14(20-13)6-7-16(19)21-15/h4-8H,9-11H2,1-3H3. The summed E-state index contributed by atoms with van der Waals surface area (Å²) in [5, 5.41) is 0.460. The Hall–Kier alpha value is -2.14. The maximum Gasteiger partial charge on any atom is 0.410 e. The fourth-order valence-electron chi connectivity index (χ4n) is 2.56. The van der Waals surface area contributed by atoms with Crippen LogP contribution in [0.5, 0.6) is 0 Å². The lowest BCUT2D eigenvalue weighted by molar-refractivity contribution is 0.0270. The molecule has 3 heterocycles. The van der Waals surface area contributed by atoms with Gasteiger partial charge in [0.2, 0.25) is 0 Å². The number of fused-ring (bicyclic) bond motifs is 1. The minimum Gasteiger partial charge on any atom is -0.444 e. The number of rotatable bonds is 1. The van der Waals surface area contributed by atoms with Crippen LogP contribution in [0.3, 0.4) is 0 Å². The molecule has 0 fully saturated rings. The maximum atomic E-state index is 12.1. The number of amides is 1. The molecule has 1 aliphatic rings. The van der Waals surface area contributed by atoms with Crippen LogP contribution in [0, 0.1) is 0 Å². The average molecular weight is 346 g/mol. The molecule has 3 rings (SSSR count). The molecule has 0 radical (unpaired) electrons. The van der Waals surface area contributed by atoms with Crippen LogP contribution in [-0.4, -0.2) is 39.7 Å². The number of aromatic nitrogens is 2. The van der Waals surface area contributed by atoms with E-state index in [0.29, 0.717) is 18.2 Å². The van der Waals surface area contributed by atoms with Gasteiger partial charge in [0.05, 0.1) is 16.7 Å². The zero-order chi connectivity index (χ0) is 17.3. The molecule has 1 aliphatic heterocycles. The van der Waals surface area contributed by atoms with Gasteiger partial charge in [-0.2, -0.15) is 0 Å². The van der Waals surface area contributed by atoms with E-state index in [9.17, 15) is 4.79 Å². The largest absolute Gasteiger partial charge is 0.444 e. The smallest absolute Gasteiger partial charge is 0.410 e. The molecule has 126 valence electrons. The predicted octanol–water partition coefficient (Wildman–Crippen LogP) is 4.31. The quantitative estimate of drug-likeness (QED) is 0.723. The van der Waals surface area contributed by atoms with Gasteiger partial charge in [-0.15, -0.1) is 0 Å². The first-order valence-corrected chi connectivity index (χ1v) is 8.30. The number of carbonyl (C=O) groups is 1. The number of pyridine rings is 2. The Bertz CT molecular complexity index is 812. The van der Waals surface area contributed by atoms with E-state index < -0.39 is 5.60 Å². The van der Waals surface area contributed by atoms with Crippen molar-refractivity contribution >= 4 is 34.3 Å². The maximum absolute atomic E-state index is 12.1. The number of carbonyl (C=O) groups excluding carboxylic acids is 1. The van der Waals surface area contributed by atoms with Crippen LogP contribution in [0.25, 0.3) is 16.6 Å². The molecule has 0 aliphatic carbocycles. The Morgan fingerprint density at radius 3 is 2.54 bits per heavy atom. The van der Waals surface area contributed by atoms with E-state index in [-0.39, 0.29) is 6.09 Å². The van der Waals surface area contributed by atoms with E-state index in [1.807, 2.05) is 45.0 Å². The number of halogens is 1. The van der Waals surface area contributed by atoms with E-state index in [1.54, 1.807) is 11.0 Å². The van der Waals surface area contributed by atoms with Crippen LogP contribution in [0.15, 0.2) is 30.3 Å². The van der Waals surface area contributed by atoms with E-state index >= 15 is 0 Å². The fourth-order valence-corrected chi connectivity index (χ4v) is 2.71. The first-order chi connectivity index (χ1) is 11.3. The molecule has 0 spiro atoms. The summed E-state index contributed by atoms with van der Waals surface area (Å²) in [6.07, 6.45) is 2.51. The van der Waals surface area contributed by atoms with Gasteiger partial charge in [0.1, 0.15) is 10.8 Å². The highest BCUT2D eigenvalue weighted by Crippen LogP contribution is 2.24.